The Morgan fingerprint density at radius 2 is 1.87 bits per heavy atom. The van der Waals surface area contributed by atoms with E-state index < -0.39 is 0 Å². The van der Waals surface area contributed by atoms with Crippen LogP contribution in [0.1, 0.15) is 45.1 Å². The molecule has 2 rings (SSSR count). The first-order valence-electron chi connectivity index (χ1n) is 10.5. The van der Waals surface area contributed by atoms with Crippen LogP contribution in [0.2, 0.25) is 0 Å². The van der Waals surface area contributed by atoms with Gasteiger partial charge in [0.15, 0.2) is 17.5 Å². The van der Waals surface area contributed by atoms with E-state index in [-0.39, 0.29) is 35.3 Å². The summed E-state index contributed by atoms with van der Waals surface area (Å²) in [5.41, 5.74) is 0.702. The van der Waals surface area contributed by atoms with Gasteiger partial charge < -0.3 is 25.0 Å². The molecule has 0 heterocycles. The second kappa shape index (κ2) is 12.9. The molecule has 1 aromatic carbocycles. The number of nitrogens with zero attached hydrogens (tertiary/aromatic N) is 2. The van der Waals surface area contributed by atoms with Crippen LogP contribution in [0, 0.1) is 5.41 Å². The summed E-state index contributed by atoms with van der Waals surface area (Å²) in [6.45, 7) is 6.43. The number of ether oxygens (including phenoxy) is 2. The summed E-state index contributed by atoms with van der Waals surface area (Å²) in [6, 6.07) is 5.85. The Hall–Kier alpha value is -1.71. The largest absolute Gasteiger partial charge is 0.493 e. The van der Waals surface area contributed by atoms with Crippen molar-refractivity contribution in [2.45, 2.75) is 46.1 Å². The number of benzene rings is 1. The first-order chi connectivity index (χ1) is 14.0. The number of methoxy groups -OCH3 is 1. The maximum Gasteiger partial charge on any atom is 0.230 e. The standard InChI is InChI=1S/C22H36N4O3.HI/c1-6-23-21(25-16-22(12-8-9-13-22)20(27)26(3)4)24-15-17-10-11-18(28-5)19(14-17)29-7-2;/h10-11,14H,6-9,12-13,15-16H2,1-5H3,(H2,23,24,25);1H. The van der Waals surface area contributed by atoms with Crippen molar-refractivity contribution >= 4 is 35.8 Å². The minimum atomic E-state index is -0.331. The second-order valence-electron chi connectivity index (χ2n) is 7.65. The second-order valence-corrected chi connectivity index (χ2v) is 7.65. The van der Waals surface area contributed by atoms with Crippen LogP contribution < -0.4 is 20.1 Å². The third kappa shape index (κ3) is 6.92. The summed E-state index contributed by atoms with van der Waals surface area (Å²) in [5.74, 6) is 2.37. The van der Waals surface area contributed by atoms with Gasteiger partial charge in [-0.3, -0.25) is 4.79 Å². The van der Waals surface area contributed by atoms with Gasteiger partial charge in [0.1, 0.15) is 0 Å². The van der Waals surface area contributed by atoms with E-state index in [0.29, 0.717) is 19.7 Å². The monoisotopic (exact) mass is 532 g/mol. The average Bonchev–Trinajstić information content (AvgIpc) is 3.20. The summed E-state index contributed by atoms with van der Waals surface area (Å²) < 4.78 is 11.0. The van der Waals surface area contributed by atoms with Crippen molar-refractivity contribution < 1.29 is 14.3 Å². The molecule has 0 bridgehead atoms. The Morgan fingerprint density at radius 1 is 1.17 bits per heavy atom. The molecule has 1 fully saturated rings. The molecule has 170 valence electrons. The van der Waals surface area contributed by atoms with E-state index in [4.69, 9.17) is 14.5 Å². The van der Waals surface area contributed by atoms with E-state index in [1.807, 2.05) is 46.1 Å². The van der Waals surface area contributed by atoms with Crippen molar-refractivity contribution in [3.8, 4) is 11.5 Å². The van der Waals surface area contributed by atoms with Gasteiger partial charge in [-0.05, 0) is 44.4 Å². The highest BCUT2D eigenvalue weighted by Gasteiger charge is 2.42. The van der Waals surface area contributed by atoms with Gasteiger partial charge in [0.25, 0.3) is 0 Å². The predicted octanol–water partition coefficient (Wildman–Crippen LogP) is 3.42. The zero-order valence-corrected chi connectivity index (χ0v) is 21.2. The molecule has 30 heavy (non-hydrogen) atoms. The Morgan fingerprint density at radius 3 is 2.43 bits per heavy atom. The van der Waals surface area contributed by atoms with Gasteiger partial charge in [0.2, 0.25) is 5.91 Å². The van der Waals surface area contributed by atoms with Crippen molar-refractivity contribution in [1.29, 1.82) is 0 Å². The van der Waals surface area contributed by atoms with Crippen molar-refractivity contribution in [1.82, 2.24) is 15.5 Å². The molecule has 0 radical (unpaired) electrons. The zero-order valence-electron chi connectivity index (χ0n) is 18.9. The molecule has 1 amide bonds. The van der Waals surface area contributed by atoms with Crippen LogP contribution in [0.25, 0.3) is 0 Å². The number of halogens is 1. The lowest BCUT2D eigenvalue weighted by Gasteiger charge is -2.31. The molecule has 0 atom stereocenters. The molecule has 0 saturated heterocycles. The summed E-state index contributed by atoms with van der Waals surface area (Å²) in [7, 11) is 5.30. The molecule has 0 aromatic heterocycles. The molecule has 1 aromatic rings. The molecule has 0 unspecified atom stereocenters. The van der Waals surface area contributed by atoms with Crippen LogP contribution in [0.3, 0.4) is 0 Å². The van der Waals surface area contributed by atoms with Crippen LogP contribution in [0.4, 0.5) is 0 Å². The van der Waals surface area contributed by atoms with Gasteiger partial charge >= 0.3 is 0 Å². The van der Waals surface area contributed by atoms with Crippen LogP contribution >= 0.6 is 24.0 Å². The smallest absolute Gasteiger partial charge is 0.230 e. The van der Waals surface area contributed by atoms with Gasteiger partial charge in [-0.25, -0.2) is 4.99 Å². The molecule has 0 aliphatic heterocycles. The number of guanidine groups is 1. The average molecular weight is 532 g/mol. The Bertz CT molecular complexity index is 704. The third-order valence-corrected chi connectivity index (χ3v) is 5.31. The Kier molecular flexibility index (Phi) is 11.3. The summed E-state index contributed by atoms with van der Waals surface area (Å²) in [6.07, 6.45) is 4.04. The van der Waals surface area contributed by atoms with Gasteiger partial charge in [-0.15, -0.1) is 24.0 Å². The van der Waals surface area contributed by atoms with Crippen molar-refractivity contribution in [3.63, 3.8) is 0 Å². The molecule has 0 spiro atoms. The number of carbonyl (C=O) groups is 1. The molecule has 1 aliphatic carbocycles. The Labute approximate surface area is 198 Å². The van der Waals surface area contributed by atoms with Crippen molar-refractivity contribution in [2.75, 3.05) is 40.9 Å². The van der Waals surface area contributed by atoms with Crippen LogP contribution in [0.5, 0.6) is 11.5 Å². The van der Waals surface area contributed by atoms with Gasteiger partial charge in [-0.2, -0.15) is 0 Å². The number of aliphatic imine (C=N–C) groups is 1. The quantitative estimate of drug-likeness (QED) is 0.290. The van der Waals surface area contributed by atoms with Crippen molar-refractivity contribution in [3.05, 3.63) is 23.8 Å². The van der Waals surface area contributed by atoms with Crippen molar-refractivity contribution in [2.24, 2.45) is 10.4 Å². The zero-order chi connectivity index (χ0) is 21.3. The summed E-state index contributed by atoms with van der Waals surface area (Å²) in [5, 5.41) is 6.69. The molecular formula is C22H37IN4O3. The minimum Gasteiger partial charge on any atom is -0.493 e. The number of hydrogen-bond donors (Lipinski definition) is 2. The maximum atomic E-state index is 12.8. The van der Waals surface area contributed by atoms with Gasteiger partial charge in [0.05, 0.1) is 25.7 Å². The lowest BCUT2D eigenvalue weighted by atomic mass is 9.84. The fraction of sp³-hybridized carbons (Fsp3) is 0.636. The first kappa shape index (κ1) is 26.3. The van der Waals surface area contributed by atoms with E-state index in [1.54, 1.807) is 12.0 Å². The molecule has 7 nitrogen and oxygen atoms in total. The number of nitrogens with one attached hydrogen (secondary N) is 2. The van der Waals surface area contributed by atoms with E-state index in [9.17, 15) is 4.79 Å². The topological polar surface area (TPSA) is 75.2 Å². The predicted molar refractivity (Wildman–Crippen MR) is 132 cm³/mol. The van der Waals surface area contributed by atoms with Crippen LogP contribution in [-0.2, 0) is 11.3 Å². The number of amides is 1. The highest BCUT2D eigenvalue weighted by atomic mass is 127. The lowest BCUT2D eigenvalue weighted by Crippen LogP contribution is -2.49. The minimum absolute atomic E-state index is 0. The number of carbonyl (C=O) groups excluding carboxylic acids is 1. The van der Waals surface area contributed by atoms with E-state index in [1.165, 1.54) is 0 Å². The van der Waals surface area contributed by atoms with E-state index in [0.717, 1.165) is 55.3 Å². The SMILES string of the molecule is CCNC(=NCc1ccc(OC)c(OCC)c1)NCC1(C(=O)N(C)C)CCCC1.I. The summed E-state index contributed by atoms with van der Waals surface area (Å²) in [4.78, 5) is 19.2. The molecule has 1 saturated carbocycles. The fourth-order valence-corrected chi connectivity index (χ4v) is 3.85. The molecular weight excluding hydrogens is 495 g/mol. The highest BCUT2D eigenvalue weighted by molar-refractivity contribution is 14.0. The molecule has 1 aliphatic rings. The summed E-state index contributed by atoms with van der Waals surface area (Å²) >= 11 is 0. The van der Waals surface area contributed by atoms with Gasteiger partial charge in [-0.1, -0.05) is 18.9 Å². The molecule has 8 heteroatoms. The molecule has 2 N–H and O–H groups in total. The highest BCUT2D eigenvalue weighted by Crippen LogP contribution is 2.38. The number of rotatable bonds is 9. The fourth-order valence-electron chi connectivity index (χ4n) is 3.85. The Balaban J connectivity index is 0.00000450. The first-order valence-corrected chi connectivity index (χ1v) is 10.5. The van der Waals surface area contributed by atoms with Gasteiger partial charge in [0, 0.05) is 27.2 Å². The third-order valence-electron chi connectivity index (χ3n) is 5.31. The van der Waals surface area contributed by atoms with E-state index in [2.05, 4.69) is 10.6 Å². The van der Waals surface area contributed by atoms with Crippen LogP contribution in [-0.4, -0.2) is 57.7 Å². The lowest BCUT2D eigenvalue weighted by molar-refractivity contribution is -0.138. The maximum absolute atomic E-state index is 12.8. The van der Waals surface area contributed by atoms with E-state index >= 15 is 0 Å². The normalized spacial score (nSPS) is 15.2. The number of hydrogen-bond acceptors (Lipinski definition) is 4. The van der Waals surface area contributed by atoms with Crippen LogP contribution in [0.15, 0.2) is 23.2 Å².